The summed E-state index contributed by atoms with van der Waals surface area (Å²) in [5, 5.41) is 7.17. The molecule has 0 saturated heterocycles. The molecule has 1 aromatic carbocycles. The molecule has 1 heterocycles. The molecule has 158 valence electrons. The molecule has 1 amide bonds. The summed E-state index contributed by atoms with van der Waals surface area (Å²) in [4.78, 5) is 24.2. The van der Waals surface area contributed by atoms with E-state index in [4.69, 9.17) is 44.3 Å². The number of benzene rings is 1. The fourth-order valence-corrected chi connectivity index (χ4v) is 2.46. The molecule has 0 bridgehead atoms. The second-order valence-corrected chi connectivity index (χ2v) is 9.68. The van der Waals surface area contributed by atoms with Gasteiger partial charge in [-0.3, -0.25) is 5.32 Å². The monoisotopic (exact) mass is 461 g/mol. The van der Waals surface area contributed by atoms with Gasteiger partial charge in [-0.05, 0) is 25.1 Å². The van der Waals surface area contributed by atoms with Crippen molar-refractivity contribution in [2.24, 2.45) is 0 Å². The second-order valence-electron chi connectivity index (χ2n) is 7.16. The van der Waals surface area contributed by atoms with Gasteiger partial charge in [0.25, 0.3) is 0 Å². The zero-order valence-corrected chi connectivity index (χ0v) is 18.7. The van der Waals surface area contributed by atoms with Crippen molar-refractivity contribution in [1.29, 1.82) is 0 Å². The molecular formula is C19H22Cl3N3O4. The molecule has 1 aromatic heterocycles. The summed E-state index contributed by atoms with van der Waals surface area (Å²) >= 11 is 16.8. The van der Waals surface area contributed by atoms with Crippen molar-refractivity contribution in [1.82, 2.24) is 9.78 Å². The smallest absolute Gasteiger partial charge is 0.412 e. The van der Waals surface area contributed by atoms with Crippen molar-refractivity contribution in [3.8, 4) is 5.69 Å². The predicted octanol–water partition coefficient (Wildman–Crippen LogP) is 5.27. The standard InChI is InChI=1S/C19H22Cl3N3O4/c1-5-28-16(26)12-7-6-8-13(9-12)25-15(10-14(24-25)18(2,3)4)23-17(27)29-11-19(20,21)22/h6-10H,5,11H2,1-4H3,(H,23,27). The Morgan fingerprint density at radius 3 is 2.41 bits per heavy atom. The highest BCUT2D eigenvalue weighted by Crippen LogP contribution is 2.28. The lowest BCUT2D eigenvalue weighted by molar-refractivity contribution is 0.0526. The maximum Gasteiger partial charge on any atom is 0.412 e. The first-order valence-corrected chi connectivity index (χ1v) is 9.92. The van der Waals surface area contributed by atoms with Crippen molar-refractivity contribution < 1.29 is 19.1 Å². The Balaban J connectivity index is 2.38. The van der Waals surface area contributed by atoms with Crippen LogP contribution in [0.15, 0.2) is 30.3 Å². The van der Waals surface area contributed by atoms with Gasteiger partial charge in [0, 0.05) is 11.5 Å². The molecule has 0 saturated carbocycles. The van der Waals surface area contributed by atoms with Crippen LogP contribution in [0.4, 0.5) is 10.6 Å². The summed E-state index contributed by atoms with van der Waals surface area (Å²) in [5.74, 6) is -0.112. The fourth-order valence-electron chi connectivity index (χ4n) is 2.30. The molecular weight excluding hydrogens is 441 g/mol. The Labute approximate surface area is 184 Å². The Kier molecular flexibility index (Phi) is 7.43. The van der Waals surface area contributed by atoms with Crippen LogP contribution >= 0.6 is 34.8 Å². The van der Waals surface area contributed by atoms with Gasteiger partial charge in [-0.15, -0.1) is 0 Å². The van der Waals surface area contributed by atoms with Gasteiger partial charge in [-0.1, -0.05) is 61.6 Å². The Hall–Kier alpha value is -1.96. The lowest BCUT2D eigenvalue weighted by Crippen LogP contribution is -2.22. The number of amides is 1. The van der Waals surface area contributed by atoms with Crippen LogP contribution in [0.5, 0.6) is 0 Å². The predicted molar refractivity (Wildman–Crippen MR) is 113 cm³/mol. The van der Waals surface area contributed by atoms with Gasteiger partial charge < -0.3 is 9.47 Å². The van der Waals surface area contributed by atoms with Gasteiger partial charge in [0.15, 0.2) is 0 Å². The van der Waals surface area contributed by atoms with Crippen LogP contribution < -0.4 is 5.32 Å². The number of carbonyl (C=O) groups excluding carboxylic acids is 2. The number of hydrogen-bond acceptors (Lipinski definition) is 5. The van der Waals surface area contributed by atoms with Gasteiger partial charge in [-0.2, -0.15) is 5.10 Å². The normalized spacial score (nSPS) is 11.8. The summed E-state index contributed by atoms with van der Waals surface area (Å²) in [6.07, 6.45) is -0.806. The Bertz CT molecular complexity index is 886. The molecule has 0 aliphatic carbocycles. The minimum atomic E-state index is -1.72. The number of aromatic nitrogens is 2. The Morgan fingerprint density at radius 1 is 1.14 bits per heavy atom. The highest BCUT2D eigenvalue weighted by Gasteiger charge is 2.25. The van der Waals surface area contributed by atoms with Gasteiger partial charge >= 0.3 is 12.1 Å². The summed E-state index contributed by atoms with van der Waals surface area (Å²) in [6, 6.07) is 8.42. The number of carbonyl (C=O) groups is 2. The molecule has 0 atom stereocenters. The number of hydrogen-bond donors (Lipinski definition) is 1. The maximum atomic E-state index is 12.1. The van der Waals surface area contributed by atoms with E-state index in [1.807, 2.05) is 20.8 Å². The SMILES string of the molecule is CCOC(=O)c1cccc(-n2nc(C(C)(C)C)cc2NC(=O)OCC(Cl)(Cl)Cl)c1. The number of esters is 1. The lowest BCUT2D eigenvalue weighted by atomic mass is 9.92. The van der Waals surface area contributed by atoms with E-state index in [1.165, 1.54) is 4.68 Å². The first-order valence-electron chi connectivity index (χ1n) is 8.79. The number of anilines is 1. The van der Waals surface area contributed by atoms with Crippen LogP contribution in [0.1, 0.15) is 43.7 Å². The Morgan fingerprint density at radius 2 is 1.83 bits per heavy atom. The molecule has 0 aliphatic heterocycles. The minimum Gasteiger partial charge on any atom is -0.462 e. The van der Waals surface area contributed by atoms with E-state index < -0.39 is 22.5 Å². The number of alkyl halides is 3. The fraction of sp³-hybridized carbons (Fsp3) is 0.421. The molecule has 2 aromatic rings. The number of ether oxygens (including phenoxy) is 2. The third-order valence-electron chi connectivity index (χ3n) is 3.68. The van der Waals surface area contributed by atoms with Crippen LogP contribution in [0.3, 0.4) is 0 Å². The van der Waals surface area contributed by atoms with E-state index in [0.29, 0.717) is 17.1 Å². The number of halogens is 3. The second kappa shape index (κ2) is 9.24. The van der Waals surface area contributed by atoms with Crippen LogP contribution in [0.25, 0.3) is 5.69 Å². The van der Waals surface area contributed by atoms with Crippen molar-refractivity contribution in [3.63, 3.8) is 0 Å². The van der Waals surface area contributed by atoms with Crippen LogP contribution in [0.2, 0.25) is 0 Å². The summed E-state index contributed by atoms with van der Waals surface area (Å²) in [6.45, 7) is 7.54. The third-order valence-corrected chi connectivity index (χ3v) is 4.00. The molecule has 7 nitrogen and oxygen atoms in total. The summed E-state index contributed by atoms with van der Waals surface area (Å²) in [7, 11) is 0. The van der Waals surface area contributed by atoms with Gasteiger partial charge in [0.2, 0.25) is 3.79 Å². The molecule has 10 heteroatoms. The van der Waals surface area contributed by atoms with E-state index in [2.05, 4.69) is 10.4 Å². The molecule has 2 rings (SSSR count). The van der Waals surface area contributed by atoms with Crippen molar-refractivity contribution in [2.45, 2.75) is 36.9 Å². The highest BCUT2D eigenvalue weighted by atomic mass is 35.6. The zero-order chi connectivity index (χ0) is 21.8. The van der Waals surface area contributed by atoms with Crippen molar-refractivity contribution in [3.05, 3.63) is 41.6 Å². The van der Waals surface area contributed by atoms with E-state index in [1.54, 1.807) is 37.3 Å². The first kappa shape index (κ1) is 23.3. The zero-order valence-electron chi connectivity index (χ0n) is 16.5. The molecule has 1 N–H and O–H groups in total. The van der Waals surface area contributed by atoms with E-state index in [9.17, 15) is 9.59 Å². The molecule has 0 radical (unpaired) electrons. The van der Waals surface area contributed by atoms with E-state index >= 15 is 0 Å². The van der Waals surface area contributed by atoms with Gasteiger partial charge in [0.1, 0.15) is 12.4 Å². The average molecular weight is 463 g/mol. The van der Waals surface area contributed by atoms with Crippen LogP contribution in [-0.4, -0.2) is 38.8 Å². The molecule has 0 fully saturated rings. The maximum absolute atomic E-state index is 12.1. The number of nitrogens with one attached hydrogen (secondary N) is 1. The highest BCUT2D eigenvalue weighted by molar-refractivity contribution is 6.67. The first-order chi connectivity index (χ1) is 13.4. The lowest BCUT2D eigenvalue weighted by Gasteiger charge is -2.14. The van der Waals surface area contributed by atoms with Gasteiger partial charge in [-0.25, -0.2) is 14.3 Å². The molecule has 0 unspecified atom stereocenters. The largest absolute Gasteiger partial charge is 0.462 e. The summed E-state index contributed by atoms with van der Waals surface area (Å²) < 4.78 is 9.75. The van der Waals surface area contributed by atoms with E-state index in [-0.39, 0.29) is 12.0 Å². The topological polar surface area (TPSA) is 82.5 Å². The van der Waals surface area contributed by atoms with E-state index in [0.717, 1.165) is 5.69 Å². The van der Waals surface area contributed by atoms with Crippen molar-refractivity contribution >= 4 is 52.7 Å². The summed E-state index contributed by atoms with van der Waals surface area (Å²) in [5.41, 5.74) is 1.35. The quantitative estimate of drug-likeness (QED) is 0.484. The molecule has 0 aliphatic rings. The minimum absolute atomic E-state index is 0.265. The number of nitrogens with zero attached hydrogens (tertiary/aromatic N) is 2. The average Bonchev–Trinajstić information content (AvgIpc) is 3.04. The van der Waals surface area contributed by atoms with Crippen LogP contribution in [0, 0.1) is 0 Å². The van der Waals surface area contributed by atoms with Crippen LogP contribution in [-0.2, 0) is 14.9 Å². The molecule has 0 spiro atoms. The third kappa shape index (κ3) is 6.80. The van der Waals surface area contributed by atoms with Gasteiger partial charge in [0.05, 0.1) is 23.6 Å². The number of rotatable bonds is 5. The van der Waals surface area contributed by atoms with Crippen molar-refractivity contribution in [2.75, 3.05) is 18.5 Å². The molecule has 29 heavy (non-hydrogen) atoms.